The highest BCUT2D eigenvalue weighted by atomic mass is 14.6. The molecule has 0 radical (unpaired) electrons. The molecule has 1 aromatic rings. The van der Waals surface area contributed by atoms with Crippen LogP contribution < -0.4 is 5.73 Å². The van der Waals surface area contributed by atoms with Crippen LogP contribution in [0.5, 0.6) is 0 Å². The molecule has 0 aromatic heterocycles. The fourth-order valence-corrected chi connectivity index (χ4v) is 2.88. The van der Waals surface area contributed by atoms with Gasteiger partial charge in [0.1, 0.15) is 0 Å². The third kappa shape index (κ3) is 6.98. The van der Waals surface area contributed by atoms with Crippen molar-refractivity contribution in [2.24, 2.45) is 0 Å². The molecule has 1 nitrogen and oxygen atoms in total. The van der Waals surface area contributed by atoms with Gasteiger partial charge in [-0.15, -0.1) is 0 Å². The summed E-state index contributed by atoms with van der Waals surface area (Å²) >= 11 is 0. The molecule has 0 fully saturated rings. The van der Waals surface area contributed by atoms with Gasteiger partial charge in [-0.05, 0) is 24.0 Å². The van der Waals surface area contributed by atoms with Gasteiger partial charge in [0.25, 0.3) is 0 Å². The molecule has 0 saturated carbocycles. The Balaban J connectivity index is 2.03. The lowest BCUT2D eigenvalue weighted by Crippen LogP contribution is -1.99. The van der Waals surface area contributed by atoms with Crippen molar-refractivity contribution in [2.45, 2.75) is 84.0 Å². The summed E-state index contributed by atoms with van der Waals surface area (Å²) in [4.78, 5) is 0. The summed E-state index contributed by atoms with van der Waals surface area (Å²) in [6, 6.07) is 8.30. The molecular formula is C19H33N. The van der Waals surface area contributed by atoms with E-state index in [2.05, 4.69) is 26.0 Å². The van der Waals surface area contributed by atoms with Crippen LogP contribution in [0.2, 0.25) is 0 Å². The van der Waals surface area contributed by atoms with E-state index in [1.165, 1.54) is 69.8 Å². The molecule has 114 valence electrons. The molecular weight excluding hydrogens is 242 g/mol. The molecule has 0 aliphatic rings. The summed E-state index contributed by atoms with van der Waals surface area (Å²) in [5.74, 6) is 0.598. The molecule has 1 atom stereocenters. The van der Waals surface area contributed by atoms with Crippen molar-refractivity contribution in [1.29, 1.82) is 0 Å². The zero-order chi connectivity index (χ0) is 14.6. The molecule has 1 rings (SSSR count). The van der Waals surface area contributed by atoms with Crippen molar-refractivity contribution in [3.63, 3.8) is 0 Å². The first-order chi connectivity index (χ1) is 9.75. The molecule has 0 aliphatic carbocycles. The first kappa shape index (κ1) is 17.1. The number of benzene rings is 1. The van der Waals surface area contributed by atoms with Crippen molar-refractivity contribution < 1.29 is 0 Å². The lowest BCUT2D eigenvalue weighted by Gasteiger charge is -2.14. The minimum Gasteiger partial charge on any atom is -0.398 e. The molecule has 0 heterocycles. The number of hydrogen-bond donors (Lipinski definition) is 1. The quantitative estimate of drug-likeness (QED) is 0.372. The van der Waals surface area contributed by atoms with Crippen molar-refractivity contribution >= 4 is 5.69 Å². The Kier molecular flexibility index (Phi) is 9.19. The molecule has 1 unspecified atom stereocenters. The third-order valence-corrected chi connectivity index (χ3v) is 4.27. The molecule has 0 saturated heterocycles. The summed E-state index contributed by atoms with van der Waals surface area (Å²) in [7, 11) is 0. The average molecular weight is 275 g/mol. The Morgan fingerprint density at radius 1 is 0.850 bits per heavy atom. The van der Waals surface area contributed by atoms with Crippen molar-refractivity contribution in [3.8, 4) is 0 Å². The minimum atomic E-state index is 0.598. The maximum absolute atomic E-state index is 6.03. The van der Waals surface area contributed by atoms with Gasteiger partial charge in [0.05, 0.1) is 0 Å². The molecule has 0 aliphatic heterocycles. The largest absolute Gasteiger partial charge is 0.398 e. The zero-order valence-corrected chi connectivity index (χ0v) is 13.5. The van der Waals surface area contributed by atoms with Crippen LogP contribution in [0.3, 0.4) is 0 Å². The SMILES string of the molecule is CCCCCCCCCCCC(C)c1ccccc1N. The predicted molar refractivity (Wildman–Crippen MR) is 91.1 cm³/mol. The van der Waals surface area contributed by atoms with Gasteiger partial charge >= 0.3 is 0 Å². The normalized spacial score (nSPS) is 12.5. The van der Waals surface area contributed by atoms with Gasteiger partial charge in [0.2, 0.25) is 0 Å². The van der Waals surface area contributed by atoms with Gasteiger partial charge in [-0.2, -0.15) is 0 Å². The van der Waals surface area contributed by atoms with Crippen LogP contribution in [0.1, 0.15) is 89.5 Å². The second kappa shape index (κ2) is 10.8. The molecule has 0 amide bonds. The smallest absolute Gasteiger partial charge is 0.0349 e. The van der Waals surface area contributed by atoms with Crippen molar-refractivity contribution in [1.82, 2.24) is 0 Å². The number of para-hydroxylation sites is 1. The maximum Gasteiger partial charge on any atom is 0.0349 e. The average Bonchev–Trinajstić information content (AvgIpc) is 2.46. The summed E-state index contributed by atoms with van der Waals surface area (Å²) in [5, 5.41) is 0. The number of unbranched alkanes of at least 4 members (excludes halogenated alkanes) is 8. The maximum atomic E-state index is 6.03. The molecule has 1 heteroatoms. The predicted octanol–water partition coefficient (Wildman–Crippen LogP) is 6.29. The number of rotatable bonds is 11. The van der Waals surface area contributed by atoms with E-state index in [4.69, 9.17) is 5.73 Å². The van der Waals surface area contributed by atoms with Gasteiger partial charge in [0, 0.05) is 5.69 Å². The van der Waals surface area contributed by atoms with E-state index in [0.29, 0.717) is 5.92 Å². The topological polar surface area (TPSA) is 26.0 Å². The first-order valence-corrected chi connectivity index (χ1v) is 8.60. The van der Waals surface area contributed by atoms with Gasteiger partial charge in [-0.3, -0.25) is 0 Å². The van der Waals surface area contributed by atoms with Gasteiger partial charge in [-0.1, -0.05) is 89.8 Å². The first-order valence-electron chi connectivity index (χ1n) is 8.60. The standard InChI is InChI=1S/C19H33N/c1-3-4-5-6-7-8-9-10-11-14-17(2)18-15-12-13-16-19(18)20/h12-13,15-17H,3-11,14,20H2,1-2H3. The van der Waals surface area contributed by atoms with Crippen LogP contribution in [-0.4, -0.2) is 0 Å². The third-order valence-electron chi connectivity index (χ3n) is 4.27. The van der Waals surface area contributed by atoms with Crippen LogP contribution in [-0.2, 0) is 0 Å². The van der Waals surface area contributed by atoms with E-state index in [9.17, 15) is 0 Å². The molecule has 1 aromatic carbocycles. The number of nitrogens with two attached hydrogens (primary N) is 1. The highest BCUT2D eigenvalue weighted by Gasteiger charge is 2.07. The Morgan fingerprint density at radius 3 is 2.00 bits per heavy atom. The Morgan fingerprint density at radius 2 is 1.40 bits per heavy atom. The Labute approximate surface area is 126 Å². The van der Waals surface area contributed by atoms with Crippen LogP contribution in [0, 0.1) is 0 Å². The lowest BCUT2D eigenvalue weighted by atomic mass is 9.93. The summed E-state index contributed by atoms with van der Waals surface area (Å²) in [6.45, 7) is 4.58. The molecule has 20 heavy (non-hydrogen) atoms. The van der Waals surface area contributed by atoms with Crippen LogP contribution >= 0.6 is 0 Å². The van der Waals surface area contributed by atoms with Crippen LogP contribution in [0.4, 0.5) is 5.69 Å². The van der Waals surface area contributed by atoms with E-state index in [1.807, 2.05) is 12.1 Å². The molecule has 0 spiro atoms. The fraction of sp³-hybridized carbons (Fsp3) is 0.684. The number of nitrogen functional groups attached to an aromatic ring is 1. The van der Waals surface area contributed by atoms with Crippen LogP contribution in [0.15, 0.2) is 24.3 Å². The lowest BCUT2D eigenvalue weighted by molar-refractivity contribution is 0.539. The summed E-state index contributed by atoms with van der Waals surface area (Å²) in [6.07, 6.45) is 13.9. The summed E-state index contributed by atoms with van der Waals surface area (Å²) in [5.41, 5.74) is 8.31. The molecule has 0 bridgehead atoms. The van der Waals surface area contributed by atoms with Gasteiger partial charge in [-0.25, -0.2) is 0 Å². The van der Waals surface area contributed by atoms with Crippen molar-refractivity contribution in [3.05, 3.63) is 29.8 Å². The highest BCUT2D eigenvalue weighted by molar-refractivity contribution is 5.48. The second-order valence-electron chi connectivity index (χ2n) is 6.15. The minimum absolute atomic E-state index is 0.598. The Hall–Kier alpha value is -0.980. The number of hydrogen-bond acceptors (Lipinski definition) is 1. The number of anilines is 1. The summed E-state index contributed by atoms with van der Waals surface area (Å²) < 4.78 is 0. The van der Waals surface area contributed by atoms with E-state index in [1.54, 1.807) is 0 Å². The van der Waals surface area contributed by atoms with E-state index in [0.717, 1.165) is 5.69 Å². The van der Waals surface area contributed by atoms with Gasteiger partial charge < -0.3 is 5.73 Å². The van der Waals surface area contributed by atoms with Crippen molar-refractivity contribution in [2.75, 3.05) is 5.73 Å². The second-order valence-corrected chi connectivity index (χ2v) is 6.15. The Bertz CT molecular complexity index is 345. The van der Waals surface area contributed by atoms with E-state index in [-0.39, 0.29) is 0 Å². The van der Waals surface area contributed by atoms with Crippen LogP contribution in [0.25, 0.3) is 0 Å². The van der Waals surface area contributed by atoms with E-state index >= 15 is 0 Å². The highest BCUT2D eigenvalue weighted by Crippen LogP contribution is 2.26. The fourth-order valence-electron chi connectivity index (χ4n) is 2.88. The van der Waals surface area contributed by atoms with Gasteiger partial charge in [0.15, 0.2) is 0 Å². The molecule has 2 N–H and O–H groups in total. The van der Waals surface area contributed by atoms with E-state index < -0.39 is 0 Å². The monoisotopic (exact) mass is 275 g/mol. The zero-order valence-electron chi connectivity index (χ0n) is 13.5.